The molecule has 1 amide bonds. The van der Waals surface area contributed by atoms with Crippen LogP contribution in [0.1, 0.15) is 24.3 Å². The number of nitrogens with zero attached hydrogens (tertiary/aromatic N) is 3. The van der Waals surface area contributed by atoms with Gasteiger partial charge in [0.2, 0.25) is 0 Å². The maximum absolute atomic E-state index is 12.7. The van der Waals surface area contributed by atoms with Gasteiger partial charge in [-0.2, -0.15) is 5.10 Å². The van der Waals surface area contributed by atoms with Crippen molar-refractivity contribution in [2.75, 3.05) is 38.7 Å². The third-order valence-electron chi connectivity index (χ3n) is 5.18. The van der Waals surface area contributed by atoms with E-state index < -0.39 is 0 Å². The number of ether oxygens (including phenoxy) is 2. The van der Waals surface area contributed by atoms with Gasteiger partial charge in [-0.3, -0.25) is 9.48 Å². The minimum absolute atomic E-state index is 0.218. The Morgan fingerprint density at radius 1 is 1.03 bits per heavy atom. The van der Waals surface area contributed by atoms with E-state index in [1.807, 2.05) is 48.5 Å². The molecule has 31 heavy (non-hydrogen) atoms. The zero-order valence-corrected chi connectivity index (χ0v) is 18.6. The van der Waals surface area contributed by atoms with Crippen LogP contribution >= 0.6 is 0 Å². The Morgan fingerprint density at radius 2 is 1.68 bits per heavy atom. The van der Waals surface area contributed by atoms with Crippen LogP contribution in [0.25, 0.3) is 11.3 Å². The number of nitrogens with one attached hydrogen (secondary N) is 1. The number of hydrogen-bond donors (Lipinski definition) is 1. The third-order valence-corrected chi connectivity index (χ3v) is 5.18. The van der Waals surface area contributed by atoms with Crippen LogP contribution in [0.15, 0.2) is 54.6 Å². The maximum Gasteiger partial charge on any atom is 0.273 e. The molecule has 0 radical (unpaired) electrons. The molecule has 1 heterocycles. The van der Waals surface area contributed by atoms with E-state index in [4.69, 9.17) is 9.47 Å². The Kier molecular flexibility index (Phi) is 7.67. The average molecular weight is 423 g/mol. The van der Waals surface area contributed by atoms with Gasteiger partial charge in [-0.15, -0.1) is 0 Å². The summed E-state index contributed by atoms with van der Waals surface area (Å²) in [5, 5.41) is 7.38. The first kappa shape index (κ1) is 22.4. The van der Waals surface area contributed by atoms with E-state index in [0.29, 0.717) is 18.0 Å². The van der Waals surface area contributed by atoms with E-state index >= 15 is 0 Å². The number of hydrogen-bond acceptors (Lipinski definition) is 5. The van der Waals surface area contributed by atoms with Gasteiger partial charge >= 0.3 is 0 Å². The van der Waals surface area contributed by atoms with Crippen LogP contribution in [-0.4, -0.2) is 53.9 Å². The molecular weight excluding hydrogens is 392 g/mol. The predicted octanol–water partition coefficient (Wildman–Crippen LogP) is 4.07. The Labute approximate surface area is 183 Å². The third kappa shape index (κ3) is 5.86. The standard InChI is InChI=1S/C24H30N4O3/c1-5-28(6-2)15-16-31-21-13-9-19(10-14-21)25-24(29)23-17-22(26-27(23)3)18-7-11-20(30-4)12-8-18/h7-14,17H,5-6,15-16H2,1-4H3,(H,25,29). The average Bonchev–Trinajstić information content (AvgIpc) is 3.19. The first-order chi connectivity index (χ1) is 15.0. The molecule has 1 N–H and O–H groups in total. The van der Waals surface area contributed by atoms with Crippen molar-refractivity contribution in [1.82, 2.24) is 14.7 Å². The van der Waals surface area contributed by atoms with Crippen LogP contribution in [-0.2, 0) is 7.05 Å². The quantitative estimate of drug-likeness (QED) is 0.533. The van der Waals surface area contributed by atoms with Gasteiger partial charge in [0.25, 0.3) is 5.91 Å². The van der Waals surface area contributed by atoms with E-state index in [2.05, 4.69) is 29.2 Å². The van der Waals surface area contributed by atoms with Crippen molar-refractivity contribution in [1.29, 1.82) is 0 Å². The molecule has 0 fully saturated rings. The number of carbonyl (C=O) groups is 1. The lowest BCUT2D eigenvalue weighted by atomic mass is 10.1. The number of methoxy groups -OCH3 is 1. The summed E-state index contributed by atoms with van der Waals surface area (Å²) in [7, 11) is 3.39. The van der Waals surface area contributed by atoms with Gasteiger partial charge in [-0.05, 0) is 67.7 Å². The van der Waals surface area contributed by atoms with Crippen molar-refractivity contribution in [3.63, 3.8) is 0 Å². The number of amides is 1. The largest absolute Gasteiger partial charge is 0.497 e. The molecular formula is C24H30N4O3. The van der Waals surface area contributed by atoms with Gasteiger partial charge in [-0.1, -0.05) is 13.8 Å². The molecule has 0 saturated heterocycles. The molecule has 0 unspecified atom stereocenters. The van der Waals surface area contributed by atoms with Crippen molar-refractivity contribution in [3.05, 3.63) is 60.3 Å². The number of carbonyl (C=O) groups excluding carboxylic acids is 1. The van der Waals surface area contributed by atoms with Crippen LogP contribution in [0.3, 0.4) is 0 Å². The first-order valence-corrected chi connectivity index (χ1v) is 10.5. The summed E-state index contributed by atoms with van der Waals surface area (Å²) in [4.78, 5) is 15.1. The Hall–Kier alpha value is -3.32. The number of rotatable bonds is 10. The van der Waals surface area contributed by atoms with Gasteiger partial charge in [0, 0.05) is 24.8 Å². The molecule has 7 nitrogen and oxygen atoms in total. The Morgan fingerprint density at radius 3 is 2.29 bits per heavy atom. The van der Waals surface area contributed by atoms with Gasteiger partial charge in [0.15, 0.2) is 0 Å². The van der Waals surface area contributed by atoms with Gasteiger partial charge in [0.1, 0.15) is 23.8 Å². The number of anilines is 1. The second kappa shape index (κ2) is 10.6. The highest BCUT2D eigenvalue weighted by Gasteiger charge is 2.15. The summed E-state index contributed by atoms with van der Waals surface area (Å²) in [6.45, 7) is 7.84. The van der Waals surface area contributed by atoms with Crippen LogP contribution in [0, 0.1) is 0 Å². The lowest BCUT2D eigenvalue weighted by molar-refractivity contribution is 0.101. The van der Waals surface area contributed by atoms with Crippen molar-refractivity contribution < 1.29 is 14.3 Å². The second-order valence-corrected chi connectivity index (χ2v) is 7.12. The summed E-state index contributed by atoms with van der Waals surface area (Å²) in [6, 6.07) is 16.8. The molecule has 1 aromatic heterocycles. The van der Waals surface area contributed by atoms with Crippen molar-refractivity contribution >= 4 is 11.6 Å². The fourth-order valence-electron chi connectivity index (χ4n) is 3.24. The van der Waals surface area contributed by atoms with Crippen molar-refractivity contribution in [2.45, 2.75) is 13.8 Å². The fraction of sp³-hybridized carbons (Fsp3) is 0.333. The topological polar surface area (TPSA) is 68.6 Å². The molecule has 7 heteroatoms. The molecule has 2 aromatic carbocycles. The van der Waals surface area contributed by atoms with Crippen LogP contribution < -0.4 is 14.8 Å². The highest BCUT2D eigenvalue weighted by molar-refractivity contribution is 6.03. The minimum atomic E-state index is -0.218. The van der Waals surface area contributed by atoms with Crippen LogP contribution in [0.2, 0.25) is 0 Å². The predicted molar refractivity (Wildman–Crippen MR) is 123 cm³/mol. The van der Waals surface area contributed by atoms with Crippen LogP contribution in [0.5, 0.6) is 11.5 Å². The summed E-state index contributed by atoms with van der Waals surface area (Å²) >= 11 is 0. The normalized spacial score (nSPS) is 10.9. The summed E-state index contributed by atoms with van der Waals surface area (Å²) in [5.41, 5.74) is 2.83. The summed E-state index contributed by atoms with van der Waals surface area (Å²) < 4.78 is 12.6. The summed E-state index contributed by atoms with van der Waals surface area (Å²) in [5.74, 6) is 1.34. The zero-order chi connectivity index (χ0) is 22.2. The molecule has 3 aromatic rings. The Balaban J connectivity index is 1.60. The molecule has 0 aliphatic heterocycles. The number of aryl methyl sites for hydroxylation is 1. The van der Waals surface area contributed by atoms with E-state index in [1.54, 1.807) is 24.9 Å². The fourth-order valence-corrected chi connectivity index (χ4v) is 3.24. The molecule has 0 atom stereocenters. The maximum atomic E-state index is 12.7. The molecule has 164 valence electrons. The van der Waals surface area contributed by atoms with Gasteiger partial charge in [-0.25, -0.2) is 0 Å². The van der Waals surface area contributed by atoms with Gasteiger partial charge in [0.05, 0.1) is 12.8 Å². The molecule has 0 aliphatic rings. The first-order valence-electron chi connectivity index (χ1n) is 10.5. The minimum Gasteiger partial charge on any atom is -0.497 e. The van der Waals surface area contributed by atoms with E-state index in [9.17, 15) is 4.79 Å². The SMILES string of the molecule is CCN(CC)CCOc1ccc(NC(=O)c2cc(-c3ccc(OC)cc3)nn2C)cc1. The number of likely N-dealkylation sites (N-methyl/N-ethyl adjacent to an activating group) is 1. The monoisotopic (exact) mass is 422 g/mol. The van der Waals surface area contributed by atoms with E-state index in [-0.39, 0.29) is 5.91 Å². The molecule has 3 rings (SSSR count). The Bertz CT molecular complexity index is 977. The van der Waals surface area contributed by atoms with E-state index in [1.165, 1.54) is 0 Å². The summed E-state index contributed by atoms with van der Waals surface area (Å²) in [6.07, 6.45) is 0. The van der Waals surface area contributed by atoms with Gasteiger partial charge < -0.3 is 19.7 Å². The molecule has 0 bridgehead atoms. The number of aromatic nitrogens is 2. The second-order valence-electron chi connectivity index (χ2n) is 7.12. The number of benzene rings is 2. The lowest BCUT2D eigenvalue weighted by Crippen LogP contribution is -2.27. The smallest absolute Gasteiger partial charge is 0.273 e. The highest BCUT2D eigenvalue weighted by Crippen LogP contribution is 2.23. The zero-order valence-electron chi connectivity index (χ0n) is 18.6. The van der Waals surface area contributed by atoms with Crippen molar-refractivity contribution in [3.8, 4) is 22.8 Å². The molecule has 0 saturated carbocycles. The highest BCUT2D eigenvalue weighted by atomic mass is 16.5. The molecule has 0 aliphatic carbocycles. The molecule has 0 spiro atoms. The van der Waals surface area contributed by atoms with Crippen molar-refractivity contribution in [2.24, 2.45) is 7.05 Å². The van der Waals surface area contributed by atoms with E-state index in [0.717, 1.165) is 42.4 Å². The van der Waals surface area contributed by atoms with Crippen LogP contribution in [0.4, 0.5) is 5.69 Å². The lowest BCUT2D eigenvalue weighted by Gasteiger charge is -2.18.